The summed E-state index contributed by atoms with van der Waals surface area (Å²) in [6.07, 6.45) is -1.17. The Morgan fingerprint density at radius 1 is 0.893 bits per heavy atom. The Kier molecular flexibility index (Phi) is 6.01. The highest BCUT2D eigenvalue weighted by Gasteiger charge is 2.25. The molecule has 0 radical (unpaired) electrons. The normalized spacial score (nSPS) is 11.4. The average Bonchev–Trinajstić information content (AvgIpc) is 2.74. The highest BCUT2D eigenvalue weighted by atomic mass is 19.1. The number of halogens is 1. The fourth-order valence-electron chi connectivity index (χ4n) is 2.54. The third-order valence-corrected chi connectivity index (χ3v) is 4.00. The first kappa shape index (κ1) is 19.1. The molecule has 0 aliphatic rings. The molecular formula is C22H18FNO4. The predicted octanol–water partition coefficient (Wildman–Crippen LogP) is 4.37. The molecule has 0 aliphatic carbocycles. The van der Waals surface area contributed by atoms with Gasteiger partial charge in [0.15, 0.2) is 0 Å². The Labute approximate surface area is 161 Å². The molecule has 0 bridgehead atoms. The van der Waals surface area contributed by atoms with Crippen LogP contribution in [0.4, 0.5) is 10.1 Å². The zero-order chi connectivity index (χ0) is 19.9. The van der Waals surface area contributed by atoms with Crippen molar-refractivity contribution in [3.05, 3.63) is 95.8 Å². The summed E-state index contributed by atoms with van der Waals surface area (Å²) in [6, 6.07) is 20.4. The molecule has 0 fully saturated rings. The van der Waals surface area contributed by atoms with Crippen molar-refractivity contribution in [3.8, 4) is 5.75 Å². The number of hydrogen-bond acceptors (Lipinski definition) is 4. The molecule has 6 heteroatoms. The van der Waals surface area contributed by atoms with Crippen molar-refractivity contribution >= 4 is 17.6 Å². The summed E-state index contributed by atoms with van der Waals surface area (Å²) in [4.78, 5) is 25.3. The largest absolute Gasteiger partial charge is 0.497 e. The van der Waals surface area contributed by atoms with Gasteiger partial charge in [-0.1, -0.05) is 30.3 Å². The van der Waals surface area contributed by atoms with Crippen LogP contribution in [0.15, 0.2) is 78.9 Å². The Morgan fingerprint density at radius 2 is 1.54 bits per heavy atom. The molecule has 3 rings (SSSR count). The maximum atomic E-state index is 13.1. The van der Waals surface area contributed by atoms with Crippen LogP contribution in [0.25, 0.3) is 0 Å². The van der Waals surface area contributed by atoms with Crippen LogP contribution in [0, 0.1) is 5.82 Å². The molecule has 0 heterocycles. The van der Waals surface area contributed by atoms with Gasteiger partial charge >= 0.3 is 5.97 Å². The lowest BCUT2D eigenvalue weighted by molar-refractivity contribution is -0.125. The molecule has 1 atom stereocenters. The summed E-state index contributed by atoms with van der Waals surface area (Å²) in [7, 11) is 1.53. The first-order valence-corrected chi connectivity index (χ1v) is 8.53. The number of ether oxygens (including phenoxy) is 2. The fraction of sp³-hybridized carbons (Fsp3) is 0.0909. The van der Waals surface area contributed by atoms with E-state index in [-0.39, 0.29) is 5.56 Å². The van der Waals surface area contributed by atoms with Crippen molar-refractivity contribution in [2.75, 3.05) is 12.4 Å². The zero-order valence-electron chi connectivity index (χ0n) is 15.1. The Balaban J connectivity index is 1.81. The van der Waals surface area contributed by atoms with Crippen LogP contribution in [0.3, 0.4) is 0 Å². The van der Waals surface area contributed by atoms with Crippen molar-refractivity contribution in [2.24, 2.45) is 0 Å². The van der Waals surface area contributed by atoms with Gasteiger partial charge in [0.1, 0.15) is 11.6 Å². The Bertz CT molecular complexity index is 941. The summed E-state index contributed by atoms with van der Waals surface area (Å²) >= 11 is 0. The summed E-state index contributed by atoms with van der Waals surface area (Å²) in [5, 5.41) is 2.64. The van der Waals surface area contributed by atoms with Gasteiger partial charge in [-0.15, -0.1) is 0 Å². The van der Waals surface area contributed by atoms with E-state index in [0.717, 1.165) is 0 Å². The van der Waals surface area contributed by atoms with Gasteiger partial charge in [-0.3, -0.25) is 4.79 Å². The van der Waals surface area contributed by atoms with E-state index >= 15 is 0 Å². The average molecular weight is 379 g/mol. The molecule has 5 nitrogen and oxygen atoms in total. The number of methoxy groups -OCH3 is 1. The highest BCUT2D eigenvalue weighted by Crippen LogP contribution is 2.22. The van der Waals surface area contributed by atoms with Crippen molar-refractivity contribution in [1.82, 2.24) is 0 Å². The minimum absolute atomic E-state index is 0.288. The van der Waals surface area contributed by atoms with Gasteiger partial charge in [0, 0.05) is 11.3 Å². The van der Waals surface area contributed by atoms with E-state index in [4.69, 9.17) is 9.47 Å². The lowest BCUT2D eigenvalue weighted by atomic mass is 10.1. The van der Waals surface area contributed by atoms with Crippen LogP contribution in [0.2, 0.25) is 0 Å². The van der Waals surface area contributed by atoms with Crippen LogP contribution in [0.1, 0.15) is 22.0 Å². The summed E-state index contributed by atoms with van der Waals surface area (Å²) in [5.74, 6) is -1.00. The number of amides is 1. The quantitative estimate of drug-likeness (QED) is 0.646. The summed E-state index contributed by atoms with van der Waals surface area (Å²) < 4.78 is 23.6. The van der Waals surface area contributed by atoms with Crippen molar-refractivity contribution in [1.29, 1.82) is 0 Å². The van der Waals surface area contributed by atoms with Crippen LogP contribution in [0.5, 0.6) is 5.75 Å². The van der Waals surface area contributed by atoms with E-state index in [1.165, 1.54) is 31.4 Å². The van der Waals surface area contributed by atoms with Crippen LogP contribution >= 0.6 is 0 Å². The number of nitrogens with one attached hydrogen (secondary N) is 1. The zero-order valence-corrected chi connectivity index (χ0v) is 15.1. The molecule has 0 aliphatic heterocycles. The molecule has 28 heavy (non-hydrogen) atoms. The predicted molar refractivity (Wildman–Crippen MR) is 103 cm³/mol. The van der Waals surface area contributed by atoms with E-state index in [1.807, 2.05) is 0 Å². The van der Waals surface area contributed by atoms with Crippen LogP contribution < -0.4 is 10.1 Å². The first-order valence-electron chi connectivity index (χ1n) is 8.53. The molecule has 3 aromatic rings. The lowest BCUT2D eigenvalue weighted by Gasteiger charge is -2.18. The molecule has 0 saturated heterocycles. The Morgan fingerprint density at radius 3 is 2.14 bits per heavy atom. The van der Waals surface area contributed by atoms with Crippen molar-refractivity contribution in [2.45, 2.75) is 6.10 Å². The smallest absolute Gasteiger partial charge is 0.339 e. The number of benzene rings is 3. The molecule has 142 valence electrons. The molecule has 0 spiro atoms. The molecule has 0 saturated carbocycles. The molecule has 1 N–H and O–H groups in total. The highest BCUT2D eigenvalue weighted by molar-refractivity contribution is 5.98. The number of rotatable bonds is 6. The minimum atomic E-state index is -1.17. The third kappa shape index (κ3) is 4.73. The lowest BCUT2D eigenvalue weighted by Crippen LogP contribution is -2.26. The Hall–Kier alpha value is -3.67. The van der Waals surface area contributed by atoms with Crippen molar-refractivity contribution in [3.63, 3.8) is 0 Å². The first-order chi connectivity index (χ1) is 13.6. The van der Waals surface area contributed by atoms with Crippen LogP contribution in [-0.2, 0) is 9.53 Å². The fourth-order valence-corrected chi connectivity index (χ4v) is 2.54. The SMILES string of the molecule is COc1ccc(C(=O)O[C@@H](C(=O)Nc2ccc(F)cc2)c2ccccc2)cc1. The van der Waals surface area contributed by atoms with Gasteiger partial charge < -0.3 is 14.8 Å². The second-order valence-electron chi connectivity index (χ2n) is 5.92. The molecule has 3 aromatic carbocycles. The van der Waals surface area contributed by atoms with Gasteiger partial charge in [-0.25, -0.2) is 9.18 Å². The summed E-state index contributed by atoms with van der Waals surface area (Å²) in [6.45, 7) is 0. The van der Waals surface area contributed by atoms with Gasteiger partial charge in [0.25, 0.3) is 5.91 Å². The van der Waals surface area contributed by atoms with E-state index in [9.17, 15) is 14.0 Å². The van der Waals surface area contributed by atoms with Crippen molar-refractivity contribution < 1.29 is 23.5 Å². The topological polar surface area (TPSA) is 64.6 Å². The number of hydrogen-bond donors (Lipinski definition) is 1. The van der Waals surface area contributed by atoms with E-state index < -0.39 is 23.8 Å². The maximum Gasteiger partial charge on any atom is 0.339 e. The molecule has 0 aromatic heterocycles. The van der Waals surface area contributed by atoms with E-state index in [2.05, 4.69) is 5.32 Å². The standard InChI is InChI=1S/C22H18FNO4/c1-27-19-13-7-16(8-14-19)22(26)28-20(15-5-3-2-4-6-15)21(25)24-18-11-9-17(23)10-12-18/h2-14,20H,1H3,(H,24,25)/t20-/m1/s1. The number of anilines is 1. The third-order valence-electron chi connectivity index (χ3n) is 4.00. The number of carbonyl (C=O) groups excluding carboxylic acids is 2. The second kappa shape index (κ2) is 8.81. The van der Waals surface area contributed by atoms with Gasteiger partial charge in [-0.2, -0.15) is 0 Å². The van der Waals surface area contributed by atoms with Gasteiger partial charge in [0.05, 0.1) is 12.7 Å². The molecule has 0 unspecified atom stereocenters. The maximum absolute atomic E-state index is 13.1. The number of esters is 1. The minimum Gasteiger partial charge on any atom is -0.497 e. The monoisotopic (exact) mass is 379 g/mol. The number of carbonyl (C=O) groups is 2. The molecular weight excluding hydrogens is 361 g/mol. The van der Waals surface area contributed by atoms with Gasteiger partial charge in [-0.05, 0) is 48.5 Å². The van der Waals surface area contributed by atoms with Gasteiger partial charge in [0.2, 0.25) is 6.10 Å². The molecule has 1 amide bonds. The van der Waals surface area contributed by atoms with E-state index in [1.54, 1.807) is 54.6 Å². The second-order valence-corrected chi connectivity index (χ2v) is 5.92. The van der Waals surface area contributed by atoms with E-state index in [0.29, 0.717) is 17.0 Å². The van der Waals surface area contributed by atoms with Crippen LogP contribution in [-0.4, -0.2) is 19.0 Å². The summed E-state index contributed by atoms with van der Waals surface area (Å²) in [5.41, 5.74) is 1.20.